The molecule has 0 saturated heterocycles. The van der Waals surface area contributed by atoms with Gasteiger partial charge in [-0.15, -0.1) is 0 Å². The zero-order valence-corrected chi connectivity index (χ0v) is 9.40. The first-order valence-electron chi connectivity index (χ1n) is 5.25. The van der Waals surface area contributed by atoms with Crippen molar-refractivity contribution in [2.75, 3.05) is 7.05 Å². The second-order valence-electron chi connectivity index (χ2n) is 3.43. The molecule has 0 saturated carbocycles. The summed E-state index contributed by atoms with van der Waals surface area (Å²) in [5, 5.41) is 6.93. The zero-order valence-electron chi connectivity index (χ0n) is 9.40. The summed E-state index contributed by atoms with van der Waals surface area (Å²) in [6.07, 6.45) is 4.48. The number of pyridine rings is 1. The summed E-state index contributed by atoms with van der Waals surface area (Å²) in [5.74, 6) is 1.22. The van der Waals surface area contributed by atoms with Gasteiger partial charge < -0.3 is 9.84 Å². The highest BCUT2D eigenvalue weighted by Crippen LogP contribution is 2.20. The van der Waals surface area contributed by atoms with E-state index in [1.165, 1.54) is 0 Å². The first kappa shape index (κ1) is 10.8. The molecule has 0 aliphatic carbocycles. The molecule has 0 aromatic carbocycles. The monoisotopic (exact) mass is 218 g/mol. The fourth-order valence-corrected chi connectivity index (χ4v) is 1.51. The molecule has 2 heterocycles. The number of nitrogens with one attached hydrogen (secondary N) is 1. The molecule has 0 aliphatic rings. The molecule has 0 fully saturated rings. The second-order valence-corrected chi connectivity index (χ2v) is 3.43. The Labute approximate surface area is 93.9 Å². The summed E-state index contributed by atoms with van der Waals surface area (Å²) in [5.41, 5.74) is 2.11. The largest absolute Gasteiger partial charge is 0.338 e. The average molecular weight is 218 g/mol. The van der Waals surface area contributed by atoms with Crippen LogP contribution in [0.5, 0.6) is 0 Å². The number of nitrogens with zero attached hydrogens (tertiary/aromatic N) is 3. The number of hydrogen-bond donors (Lipinski definition) is 1. The van der Waals surface area contributed by atoms with E-state index in [1.807, 2.05) is 19.3 Å². The Balaban J connectivity index is 2.34. The lowest BCUT2D eigenvalue weighted by Crippen LogP contribution is -2.05. The van der Waals surface area contributed by atoms with E-state index in [0.29, 0.717) is 18.3 Å². The van der Waals surface area contributed by atoms with Gasteiger partial charge >= 0.3 is 0 Å². The number of aromatic nitrogens is 3. The van der Waals surface area contributed by atoms with Crippen LogP contribution in [0.1, 0.15) is 18.4 Å². The van der Waals surface area contributed by atoms with Gasteiger partial charge in [0.1, 0.15) is 0 Å². The van der Waals surface area contributed by atoms with Crippen LogP contribution < -0.4 is 5.32 Å². The Morgan fingerprint density at radius 2 is 2.31 bits per heavy atom. The number of hydrogen-bond acceptors (Lipinski definition) is 5. The van der Waals surface area contributed by atoms with Crippen LogP contribution in [0.25, 0.3) is 11.4 Å². The van der Waals surface area contributed by atoms with Crippen LogP contribution in [0.2, 0.25) is 0 Å². The Morgan fingerprint density at radius 1 is 1.44 bits per heavy atom. The molecule has 16 heavy (non-hydrogen) atoms. The summed E-state index contributed by atoms with van der Waals surface area (Å²) in [7, 11) is 1.84. The van der Waals surface area contributed by atoms with E-state index < -0.39 is 0 Å². The maximum Gasteiger partial charge on any atom is 0.240 e. The van der Waals surface area contributed by atoms with E-state index in [0.717, 1.165) is 17.5 Å². The molecule has 0 spiro atoms. The SMILES string of the molecule is CCc1cnccc1-c1noc(CNC)n1. The van der Waals surface area contributed by atoms with Gasteiger partial charge in [-0.1, -0.05) is 12.1 Å². The molecule has 0 amide bonds. The summed E-state index contributed by atoms with van der Waals surface area (Å²) in [4.78, 5) is 8.40. The highest BCUT2D eigenvalue weighted by Gasteiger charge is 2.10. The van der Waals surface area contributed by atoms with Crippen LogP contribution in [-0.2, 0) is 13.0 Å². The van der Waals surface area contributed by atoms with Crippen molar-refractivity contribution in [1.82, 2.24) is 20.4 Å². The summed E-state index contributed by atoms with van der Waals surface area (Å²) in [6, 6.07) is 1.91. The number of aryl methyl sites for hydroxylation is 1. The molecule has 5 heteroatoms. The Bertz CT molecular complexity index is 467. The van der Waals surface area contributed by atoms with Crippen molar-refractivity contribution in [3.8, 4) is 11.4 Å². The van der Waals surface area contributed by atoms with Crippen molar-refractivity contribution in [1.29, 1.82) is 0 Å². The molecule has 0 unspecified atom stereocenters. The fourth-order valence-electron chi connectivity index (χ4n) is 1.51. The second kappa shape index (κ2) is 4.85. The molecule has 0 radical (unpaired) electrons. The molecule has 0 aliphatic heterocycles. The third-order valence-electron chi connectivity index (χ3n) is 2.32. The molecule has 1 N–H and O–H groups in total. The molecule has 0 atom stereocenters. The summed E-state index contributed by atoms with van der Waals surface area (Å²) in [6.45, 7) is 2.66. The predicted octanol–water partition coefficient (Wildman–Crippen LogP) is 1.41. The predicted molar refractivity (Wildman–Crippen MR) is 59.7 cm³/mol. The van der Waals surface area contributed by atoms with E-state index in [4.69, 9.17) is 4.52 Å². The smallest absolute Gasteiger partial charge is 0.240 e. The lowest BCUT2D eigenvalue weighted by atomic mass is 10.1. The van der Waals surface area contributed by atoms with Crippen molar-refractivity contribution in [3.05, 3.63) is 29.9 Å². The lowest BCUT2D eigenvalue weighted by molar-refractivity contribution is 0.372. The first-order valence-corrected chi connectivity index (χ1v) is 5.25. The van der Waals surface area contributed by atoms with E-state index in [9.17, 15) is 0 Å². The van der Waals surface area contributed by atoms with Gasteiger partial charge in [0.15, 0.2) is 0 Å². The van der Waals surface area contributed by atoms with Gasteiger partial charge in [-0.25, -0.2) is 0 Å². The third kappa shape index (κ3) is 2.09. The van der Waals surface area contributed by atoms with Crippen molar-refractivity contribution < 1.29 is 4.52 Å². The van der Waals surface area contributed by atoms with Gasteiger partial charge in [-0.2, -0.15) is 4.98 Å². The quantitative estimate of drug-likeness (QED) is 0.840. The Kier molecular flexibility index (Phi) is 3.26. The Morgan fingerprint density at radius 3 is 3.06 bits per heavy atom. The van der Waals surface area contributed by atoms with Gasteiger partial charge in [0.25, 0.3) is 0 Å². The van der Waals surface area contributed by atoms with Gasteiger partial charge in [0.2, 0.25) is 11.7 Å². The normalized spacial score (nSPS) is 10.6. The maximum absolute atomic E-state index is 5.11. The molecule has 5 nitrogen and oxygen atoms in total. The van der Waals surface area contributed by atoms with E-state index in [-0.39, 0.29) is 0 Å². The summed E-state index contributed by atoms with van der Waals surface area (Å²) < 4.78 is 5.11. The first-order chi connectivity index (χ1) is 7.85. The highest BCUT2D eigenvalue weighted by atomic mass is 16.5. The molecule has 0 bridgehead atoms. The topological polar surface area (TPSA) is 63.8 Å². The van der Waals surface area contributed by atoms with Crippen molar-refractivity contribution in [2.45, 2.75) is 19.9 Å². The molecular formula is C11H14N4O. The van der Waals surface area contributed by atoms with Gasteiger partial charge in [-0.05, 0) is 25.1 Å². The van der Waals surface area contributed by atoms with Gasteiger partial charge in [0.05, 0.1) is 6.54 Å². The van der Waals surface area contributed by atoms with Crippen LogP contribution in [0.4, 0.5) is 0 Å². The van der Waals surface area contributed by atoms with Gasteiger partial charge in [0, 0.05) is 18.0 Å². The lowest BCUT2D eigenvalue weighted by Gasteiger charge is -2.00. The molecule has 2 rings (SSSR count). The average Bonchev–Trinajstić information content (AvgIpc) is 2.78. The summed E-state index contributed by atoms with van der Waals surface area (Å²) >= 11 is 0. The van der Waals surface area contributed by atoms with Crippen LogP contribution in [0, 0.1) is 0 Å². The molecular weight excluding hydrogens is 204 g/mol. The van der Waals surface area contributed by atoms with Crippen LogP contribution in [0.3, 0.4) is 0 Å². The van der Waals surface area contributed by atoms with Gasteiger partial charge in [-0.3, -0.25) is 4.98 Å². The molecule has 84 valence electrons. The third-order valence-corrected chi connectivity index (χ3v) is 2.32. The Hall–Kier alpha value is -1.75. The fraction of sp³-hybridized carbons (Fsp3) is 0.364. The standard InChI is InChI=1S/C11H14N4O/c1-3-8-6-13-5-4-9(8)11-14-10(7-12-2)16-15-11/h4-6,12H,3,7H2,1-2H3. The highest BCUT2D eigenvalue weighted by molar-refractivity contribution is 5.58. The van der Waals surface area contributed by atoms with Crippen molar-refractivity contribution in [2.24, 2.45) is 0 Å². The molecule has 2 aromatic heterocycles. The number of rotatable bonds is 4. The van der Waals surface area contributed by atoms with Crippen LogP contribution in [-0.4, -0.2) is 22.2 Å². The van der Waals surface area contributed by atoms with Crippen LogP contribution in [0.15, 0.2) is 23.0 Å². The van der Waals surface area contributed by atoms with E-state index >= 15 is 0 Å². The minimum absolute atomic E-state index is 0.583. The van der Waals surface area contributed by atoms with Crippen LogP contribution >= 0.6 is 0 Å². The minimum atomic E-state index is 0.583. The molecule has 2 aromatic rings. The van der Waals surface area contributed by atoms with Crippen molar-refractivity contribution in [3.63, 3.8) is 0 Å². The van der Waals surface area contributed by atoms with E-state index in [1.54, 1.807) is 6.20 Å². The van der Waals surface area contributed by atoms with Crippen molar-refractivity contribution >= 4 is 0 Å². The van der Waals surface area contributed by atoms with E-state index in [2.05, 4.69) is 27.4 Å². The minimum Gasteiger partial charge on any atom is -0.338 e. The zero-order chi connectivity index (χ0) is 11.4. The maximum atomic E-state index is 5.11.